The molecule has 1 unspecified atom stereocenters. The first-order valence-electron chi connectivity index (χ1n) is 5.81. The molecule has 0 saturated carbocycles. The quantitative estimate of drug-likeness (QED) is 0.868. The van der Waals surface area contributed by atoms with Crippen molar-refractivity contribution in [2.75, 3.05) is 11.9 Å². The molecule has 5 heteroatoms. The van der Waals surface area contributed by atoms with E-state index < -0.39 is 0 Å². The van der Waals surface area contributed by atoms with Crippen molar-refractivity contribution in [2.45, 2.75) is 39.5 Å². The predicted octanol–water partition coefficient (Wildman–Crippen LogP) is 2.36. The molecule has 4 nitrogen and oxygen atoms in total. The average Bonchev–Trinajstić information content (AvgIpc) is 2.66. The Morgan fingerprint density at radius 2 is 2.24 bits per heavy atom. The fourth-order valence-corrected chi connectivity index (χ4v) is 2.23. The van der Waals surface area contributed by atoms with Gasteiger partial charge >= 0.3 is 0 Å². The Labute approximate surface area is 107 Å². The zero-order chi connectivity index (χ0) is 13.1. The van der Waals surface area contributed by atoms with Gasteiger partial charge in [-0.2, -0.15) is 0 Å². The molecule has 1 aromatic rings. The second kappa shape index (κ2) is 5.60. The standard InChI is InChI=1S/C12H21N3OS/c1-8(5-6-13)10(16)15-11-14-9(7-17-11)12(2,3)4/h7-8H,5-6,13H2,1-4H3,(H,14,15,16). The van der Waals surface area contributed by atoms with Crippen LogP contribution < -0.4 is 11.1 Å². The van der Waals surface area contributed by atoms with E-state index in [-0.39, 0.29) is 17.2 Å². The number of nitrogens with zero attached hydrogens (tertiary/aromatic N) is 1. The molecule has 0 bridgehead atoms. The summed E-state index contributed by atoms with van der Waals surface area (Å²) in [5.74, 6) is -0.0766. The highest BCUT2D eigenvalue weighted by atomic mass is 32.1. The van der Waals surface area contributed by atoms with Gasteiger partial charge in [-0.3, -0.25) is 4.79 Å². The lowest BCUT2D eigenvalue weighted by Gasteiger charge is -2.14. The molecule has 1 atom stereocenters. The lowest BCUT2D eigenvalue weighted by atomic mass is 9.93. The van der Waals surface area contributed by atoms with Gasteiger partial charge in [0.1, 0.15) is 0 Å². The van der Waals surface area contributed by atoms with E-state index in [0.717, 1.165) is 5.69 Å². The number of hydrogen-bond donors (Lipinski definition) is 2. The van der Waals surface area contributed by atoms with Gasteiger partial charge in [0.25, 0.3) is 0 Å². The van der Waals surface area contributed by atoms with Crippen LogP contribution >= 0.6 is 11.3 Å². The molecule has 0 aliphatic carbocycles. The highest BCUT2D eigenvalue weighted by molar-refractivity contribution is 7.13. The summed E-state index contributed by atoms with van der Waals surface area (Å²) in [5, 5.41) is 5.49. The SMILES string of the molecule is CC(CCN)C(=O)Nc1nc(C(C)(C)C)cs1. The molecule has 0 spiro atoms. The van der Waals surface area contributed by atoms with Crippen molar-refractivity contribution in [3.8, 4) is 0 Å². The third kappa shape index (κ3) is 4.09. The molecule has 17 heavy (non-hydrogen) atoms. The second-order valence-electron chi connectivity index (χ2n) is 5.26. The maximum Gasteiger partial charge on any atom is 0.229 e. The molecule has 0 aliphatic heterocycles. The minimum Gasteiger partial charge on any atom is -0.330 e. The van der Waals surface area contributed by atoms with Crippen LogP contribution in [-0.4, -0.2) is 17.4 Å². The molecular weight excluding hydrogens is 234 g/mol. The fraction of sp³-hybridized carbons (Fsp3) is 0.667. The van der Waals surface area contributed by atoms with Crippen LogP contribution in [0.2, 0.25) is 0 Å². The van der Waals surface area contributed by atoms with Crippen molar-refractivity contribution in [2.24, 2.45) is 11.7 Å². The van der Waals surface area contributed by atoms with Gasteiger partial charge in [0.05, 0.1) is 5.69 Å². The van der Waals surface area contributed by atoms with Gasteiger partial charge in [-0.05, 0) is 13.0 Å². The molecule has 96 valence electrons. The minimum atomic E-state index is -0.0676. The molecule has 3 N–H and O–H groups in total. The van der Waals surface area contributed by atoms with Crippen molar-refractivity contribution in [1.29, 1.82) is 0 Å². The van der Waals surface area contributed by atoms with E-state index in [4.69, 9.17) is 5.73 Å². The van der Waals surface area contributed by atoms with Gasteiger partial charge < -0.3 is 11.1 Å². The van der Waals surface area contributed by atoms with Crippen molar-refractivity contribution in [3.05, 3.63) is 11.1 Å². The van der Waals surface area contributed by atoms with Crippen LogP contribution in [0.25, 0.3) is 0 Å². The van der Waals surface area contributed by atoms with Crippen LogP contribution in [0.5, 0.6) is 0 Å². The van der Waals surface area contributed by atoms with E-state index >= 15 is 0 Å². The number of thiazole rings is 1. The first-order chi connectivity index (χ1) is 7.84. The lowest BCUT2D eigenvalue weighted by Crippen LogP contribution is -2.22. The number of rotatable bonds is 4. The van der Waals surface area contributed by atoms with E-state index in [2.05, 4.69) is 31.1 Å². The predicted molar refractivity (Wildman–Crippen MR) is 72.3 cm³/mol. The first kappa shape index (κ1) is 14.1. The van der Waals surface area contributed by atoms with E-state index in [1.54, 1.807) is 0 Å². The molecule has 0 aliphatic rings. The van der Waals surface area contributed by atoms with Gasteiger partial charge in [0, 0.05) is 16.7 Å². The molecule has 1 aromatic heterocycles. The van der Waals surface area contributed by atoms with Crippen molar-refractivity contribution in [1.82, 2.24) is 4.98 Å². The molecule has 0 fully saturated rings. The van der Waals surface area contributed by atoms with E-state index in [9.17, 15) is 4.79 Å². The largest absolute Gasteiger partial charge is 0.330 e. The Morgan fingerprint density at radius 1 is 1.59 bits per heavy atom. The normalized spacial score (nSPS) is 13.5. The minimum absolute atomic E-state index is 0.00902. The highest BCUT2D eigenvalue weighted by Gasteiger charge is 2.19. The van der Waals surface area contributed by atoms with Gasteiger partial charge in [-0.15, -0.1) is 11.3 Å². The third-order valence-electron chi connectivity index (χ3n) is 2.55. The van der Waals surface area contributed by atoms with Crippen LogP contribution in [0.4, 0.5) is 5.13 Å². The van der Waals surface area contributed by atoms with Crippen LogP contribution in [0.1, 0.15) is 39.8 Å². The van der Waals surface area contributed by atoms with Gasteiger partial charge in [-0.1, -0.05) is 27.7 Å². The molecule has 1 amide bonds. The first-order valence-corrected chi connectivity index (χ1v) is 6.69. The summed E-state index contributed by atoms with van der Waals surface area (Å²) < 4.78 is 0. The Balaban J connectivity index is 2.64. The van der Waals surface area contributed by atoms with Gasteiger partial charge in [0.15, 0.2) is 5.13 Å². The summed E-state index contributed by atoms with van der Waals surface area (Å²) in [5.41, 5.74) is 6.45. The van der Waals surface area contributed by atoms with E-state index in [1.165, 1.54) is 11.3 Å². The number of carbonyl (C=O) groups excluding carboxylic acids is 1. The summed E-state index contributed by atoms with van der Waals surface area (Å²) in [6, 6.07) is 0. The number of anilines is 1. The number of hydrogen-bond acceptors (Lipinski definition) is 4. The smallest absolute Gasteiger partial charge is 0.229 e. The number of aromatic nitrogens is 1. The number of carbonyl (C=O) groups is 1. The third-order valence-corrected chi connectivity index (χ3v) is 3.31. The Morgan fingerprint density at radius 3 is 2.71 bits per heavy atom. The number of nitrogens with one attached hydrogen (secondary N) is 1. The zero-order valence-electron chi connectivity index (χ0n) is 10.9. The molecule has 1 heterocycles. The molecule has 0 radical (unpaired) electrons. The molecular formula is C12H21N3OS. The van der Waals surface area contributed by atoms with Crippen LogP contribution in [-0.2, 0) is 10.2 Å². The summed E-state index contributed by atoms with van der Waals surface area (Å²) in [6.07, 6.45) is 0.698. The molecule has 0 aromatic carbocycles. The van der Waals surface area contributed by atoms with Crippen molar-refractivity contribution < 1.29 is 4.79 Å². The maximum atomic E-state index is 11.8. The second-order valence-corrected chi connectivity index (χ2v) is 6.11. The maximum absolute atomic E-state index is 11.8. The van der Waals surface area contributed by atoms with E-state index in [0.29, 0.717) is 18.1 Å². The fourth-order valence-electron chi connectivity index (χ4n) is 1.29. The zero-order valence-corrected chi connectivity index (χ0v) is 11.7. The van der Waals surface area contributed by atoms with Crippen LogP contribution in [0.15, 0.2) is 5.38 Å². The van der Waals surface area contributed by atoms with Crippen molar-refractivity contribution in [3.63, 3.8) is 0 Å². The Kier molecular flexibility index (Phi) is 4.65. The molecule has 1 rings (SSSR count). The molecule has 0 saturated heterocycles. The topological polar surface area (TPSA) is 68.0 Å². The summed E-state index contributed by atoms with van der Waals surface area (Å²) in [4.78, 5) is 16.2. The van der Waals surface area contributed by atoms with Gasteiger partial charge in [0.2, 0.25) is 5.91 Å². The highest BCUT2D eigenvalue weighted by Crippen LogP contribution is 2.26. The summed E-state index contributed by atoms with van der Waals surface area (Å²) >= 11 is 1.47. The number of nitrogens with two attached hydrogens (primary N) is 1. The average molecular weight is 255 g/mol. The van der Waals surface area contributed by atoms with Crippen LogP contribution in [0.3, 0.4) is 0 Å². The van der Waals surface area contributed by atoms with Crippen molar-refractivity contribution >= 4 is 22.4 Å². The van der Waals surface area contributed by atoms with Gasteiger partial charge in [-0.25, -0.2) is 4.98 Å². The Hall–Kier alpha value is -0.940. The summed E-state index contributed by atoms with van der Waals surface area (Å²) in [7, 11) is 0. The van der Waals surface area contributed by atoms with Crippen LogP contribution in [0, 0.1) is 5.92 Å². The monoisotopic (exact) mass is 255 g/mol. The van der Waals surface area contributed by atoms with E-state index in [1.807, 2.05) is 12.3 Å². The number of amides is 1. The lowest BCUT2D eigenvalue weighted by molar-refractivity contribution is -0.119. The Bertz CT molecular complexity index is 381. The summed E-state index contributed by atoms with van der Waals surface area (Å²) in [6.45, 7) is 8.71.